The summed E-state index contributed by atoms with van der Waals surface area (Å²) >= 11 is 0. The van der Waals surface area contributed by atoms with Crippen molar-refractivity contribution in [1.82, 2.24) is 44.8 Å². The number of rotatable bonds is 13. The number of aryl methyl sites for hydroxylation is 1. The van der Waals surface area contributed by atoms with E-state index in [2.05, 4.69) is 54.0 Å². The fourth-order valence-corrected chi connectivity index (χ4v) is 7.93. The second-order valence-corrected chi connectivity index (χ2v) is 14.6. The number of piperidine rings is 2. The number of likely N-dealkylation sites (N-methyl/N-ethyl adjacent to an activating group) is 4. The topological polar surface area (TPSA) is 104 Å². The van der Waals surface area contributed by atoms with Gasteiger partial charge in [0.25, 0.3) is 0 Å². The summed E-state index contributed by atoms with van der Waals surface area (Å²) in [5, 5.41) is 6.69. The lowest BCUT2D eigenvalue weighted by atomic mass is 9.92. The van der Waals surface area contributed by atoms with Gasteiger partial charge in [0.15, 0.2) is 0 Å². The van der Waals surface area contributed by atoms with Crippen molar-refractivity contribution in [2.75, 3.05) is 120 Å². The highest BCUT2D eigenvalue weighted by atomic mass is 16.5. The van der Waals surface area contributed by atoms with Crippen LogP contribution in [0.5, 0.6) is 0 Å². The number of likely N-dealkylation sites (tertiary alicyclic amines) is 2. The van der Waals surface area contributed by atoms with Gasteiger partial charge in [-0.15, -0.1) is 0 Å². The van der Waals surface area contributed by atoms with E-state index in [9.17, 15) is 9.59 Å². The van der Waals surface area contributed by atoms with Crippen LogP contribution in [0.15, 0.2) is 10.6 Å². The second-order valence-electron chi connectivity index (χ2n) is 14.6. The molecule has 47 heavy (non-hydrogen) atoms. The molecule has 2 atom stereocenters. The van der Waals surface area contributed by atoms with Crippen molar-refractivity contribution in [3.05, 3.63) is 17.5 Å². The van der Waals surface area contributed by atoms with E-state index in [0.717, 1.165) is 95.7 Å². The molecule has 4 aliphatic heterocycles. The first-order valence-corrected chi connectivity index (χ1v) is 17.9. The van der Waals surface area contributed by atoms with Crippen molar-refractivity contribution in [1.29, 1.82) is 0 Å². The summed E-state index contributed by atoms with van der Waals surface area (Å²) in [6.45, 7) is 15.4. The lowest BCUT2D eigenvalue weighted by molar-refractivity contribution is -0.137. The molecular formula is C34H61N9O4. The van der Waals surface area contributed by atoms with E-state index in [0.29, 0.717) is 37.8 Å². The number of nitrogens with zero attached hydrogens (tertiary/aromatic N) is 8. The summed E-state index contributed by atoms with van der Waals surface area (Å²) in [6, 6.07) is 3.50. The van der Waals surface area contributed by atoms with Crippen molar-refractivity contribution in [3.8, 4) is 0 Å². The summed E-state index contributed by atoms with van der Waals surface area (Å²) in [5.74, 6) is 1.74. The summed E-state index contributed by atoms with van der Waals surface area (Å²) in [5.41, 5.74) is 0.743. The minimum Gasteiger partial charge on any atom is -0.361 e. The average Bonchev–Trinajstić information content (AvgIpc) is 3.50. The first-order valence-electron chi connectivity index (χ1n) is 17.9. The minimum atomic E-state index is 0.0933. The number of ether oxygens (including phenoxy) is 1. The zero-order valence-electron chi connectivity index (χ0n) is 29.7. The van der Waals surface area contributed by atoms with Crippen LogP contribution in [-0.4, -0.2) is 189 Å². The second kappa shape index (κ2) is 17.5. The Hall–Kier alpha value is -2.13. The van der Waals surface area contributed by atoms with Crippen LogP contribution in [0.25, 0.3) is 0 Å². The molecule has 2 unspecified atom stereocenters. The van der Waals surface area contributed by atoms with Crippen LogP contribution < -0.4 is 5.32 Å². The Balaban J connectivity index is 1.02. The minimum absolute atomic E-state index is 0.0933. The zero-order chi connectivity index (χ0) is 33.3. The van der Waals surface area contributed by atoms with E-state index in [1.807, 2.05) is 13.0 Å². The quantitative estimate of drug-likeness (QED) is 0.299. The molecule has 0 radical (unpaired) electrons. The standard InChI is InChI=1S/C34H61N9O4/c1-27-20-29(36-47-27)25-46-26-39(5)34(45)24-41-14-9-30(10-15-41)43-19-17-38(4)32(22-43)31-21-42(18-16-37(31)3)13-8-28-6-11-40(12-7-28)23-33(44)35-2/h20,28,30-32H,6-19,21-26H2,1-5H3,(H,35,44). The summed E-state index contributed by atoms with van der Waals surface area (Å²) < 4.78 is 10.8. The fraction of sp³-hybridized carbons (Fsp3) is 0.853. The van der Waals surface area contributed by atoms with Gasteiger partial charge in [-0.25, -0.2) is 0 Å². The SMILES string of the molecule is CNC(=O)CN1CCC(CCN2CCN(C)C(C3CN(C4CCN(CC(=O)N(C)COCc5cc(C)on5)CC4)CCN3C)C2)CC1. The van der Waals surface area contributed by atoms with Crippen molar-refractivity contribution >= 4 is 11.8 Å². The van der Waals surface area contributed by atoms with Crippen molar-refractivity contribution in [2.24, 2.45) is 5.92 Å². The number of carbonyl (C=O) groups is 2. The molecule has 0 bridgehead atoms. The largest absolute Gasteiger partial charge is 0.361 e. The highest BCUT2D eigenvalue weighted by Gasteiger charge is 2.39. The lowest BCUT2D eigenvalue weighted by Crippen LogP contribution is -2.66. The van der Waals surface area contributed by atoms with Gasteiger partial charge in [-0.3, -0.25) is 34.1 Å². The Morgan fingerprint density at radius 2 is 1.57 bits per heavy atom. The van der Waals surface area contributed by atoms with Gasteiger partial charge in [0, 0.05) is 90.6 Å². The maximum Gasteiger partial charge on any atom is 0.238 e. The molecule has 2 amide bonds. The summed E-state index contributed by atoms with van der Waals surface area (Å²) in [7, 11) is 8.17. The Bertz CT molecular complexity index is 1120. The zero-order valence-corrected chi connectivity index (χ0v) is 29.7. The Morgan fingerprint density at radius 3 is 2.26 bits per heavy atom. The van der Waals surface area contributed by atoms with E-state index in [-0.39, 0.29) is 18.5 Å². The predicted molar refractivity (Wildman–Crippen MR) is 182 cm³/mol. The molecule has 13 nitrogen and oxygen atoms in total. The maximum absolute atomic E-state index is 12.9. The number of nitrogens with one attached hydrogen (secondary N) is 1. The van der Waals surface area contributed by atoms with Gasteiger partial charge in [0.05, 0.1) is 19.7 Å². The molecule has 1 aromatic rings. The number of hydrogen-bond donors (Lipinski definition) is 1. The smallest absolute Gasteiger partial charge is 0.238 e. The van der Waals surface area contributed by atoms with Crippen molar-refractivity contribution in [3.63, 3.8) is 0 Å². The van der Waals surface area contributed by atoms with Crippen LogP contribution >= 0.6 is 0 Å². The number of aromatic nitrogens is 1. The van der Waals surface area contributed by atoms with Gasteiger partial charge in [-0.2, -0.15) is 0 Å². The third-order valence-corrected chi connectivity index (χ3v) is 11.2. The van der Waals surface area contributed by atoms with Gasteiger partial charge < -0.3 is 24.4 Å². The van der Waals surface area contributed by atoms with Crippen LogP contribution in [-0.2, 0) is 20.9 Å². The number of amides is 2. The molecule has 0 saturated carbocycles. The molecule has 0 aliphatic carbocycles. The van der Waals surface area contributed by atoms with Crippen molar-refractivity contribution in [2.45, 2.75) is 63.8 Å². The molecule has 5 heterocycles. The van der Waals surface area contributed by atoms with E-state index in [4.69, 9.17) is 9.26 Å². The van der Waals surface area contributed by atoms with E-state index in [1.165, 1.54) is 25.8 Å². The van der Waals surface area contributed by atoms with Gasteiger partial charge in [0.2, 0.25) is 11.8 Å². The number of carbonyl (C=O) groups excluding carboxylic acids is 2. The molecule has 4 saturated heterocycles. The van der Waals surface area contributed by atoms with Gasteiger partial charge >= 0.3 is 0 Å². The number of piperazine rings is 2. The monoisotopic (exact) mass is 659 g/mol. The normalized spacial score (nSPS) is 25.7. The summed E-state index contributed by atoms with van der Waals surface area (Å²) in [6.07, 6.45) is 5.91. The molecule has 4 aliphatic rings. The first kappa shape index (κ1) is 36.2. The molecule has 0 aromatic carbocycles. The predicted octanol–water partition coefficient (Wildman–Crippen LogP) is 0.460. The van der Waals surface area contributed by atoms with Crippen molar-refractivity contribution < 1.29 is 18.8 Å². The van der Waals surface area contributed by atoms with Crippen LogP contribution in [0.3, 0.4) is 0 Å². The Morgan fingerprint density at radius 1 is 0.915 bits per heavy atom. The molecule has 266 valence electrons. The van der Waals surface area contributed by atoms with Crippen LogP contribution in [0.2, 0.25) is 0 Å². The Labute approximate surface area is 282 Å². The average molecular weight is 660 g/mol. The fourth-order valence-electron chi connectivity index (χ4n) is 7.93. The maximum atomic E-state index is 12.9. The van der Waals surface area contributed by atoms with Gasteiger partial charge in [-0.1, -0.05) is 5.16 Å². The third-order valence-electron chi connectivity index (χ3n) is 11.2. The van der Waals surface area contributed by atoms with Gasteiger partial charge in [0.1, 0.15) is 18.2 Å². The molecule has 0 spiro atoms. The molecule has 1 N–H and O–H groups in total. The van der Waals surface area contributed by atoms with E-state index >= 15 is 0 Å². The van der Waals surface area contributed by atoms with Gasteiger partial charge in [-0.05, 0) is 78.7 Å². The molecular weight excluding hydrogens is 598 g/mol. The molecule has 4 fully saturated rings. The Kier molecular flexibility index (Phi) is 13.5. The highest BCUT2D eigenvalue weighted by molar-refractivity contribution is 5.78. The third kappa shape index (κ3) is 10.4. The van der Waals surface area contributed by atoms with E-state index < -0.39 is 0 Å². The van der Waals surface area contributed by atoms with Crippen LogP contribution in [0.4, 0.5) is 0 Å². The van der Waals surface area contributed by atoms with Crippen LogP contribution in [0, 0.1) is 12.8 Å². The lowest BCUT2D eigenvalue weighted by Gasteiger charge is -2.51. The van der Waals surface area contributed by atoms with Crippen LogP contribution in [0.1, 0.15) is 43.6 Å². The highest BCUT2D eigenvalue weighted by Crippen LogP contribution is 2.26. The first-order chi connectivity index (χ1) is 22.7. The molecule has 13 heteroatoms. The summed E-state index contributed by atoms with van der Waals surface area (Å²) in [4.78, 5) is 41.6. The molecule has 1 aromatic heterocycles. The molecule has 5 rings (SSSR count). The number of hydrogen-bond acceptors (Lipinski definition) is 11. The van der Waals surface area contributed by atoms with E-state index in [1.54, 1.807) is 19.0 Å².